The zero-order valence-corrected chi connectivity index (χ0v) is 20.6. The van der Waals surface area contributed by atoms with Crippen molar-refractivity contribution in [2.75, 3.05) is 26.2 Å². The molecular weight excluding hydrogens is 444 g/mol. The van der Waals surface area contributed by atoms with Crippen molar-refractivity contribution in [1.82, 2.24) is 10.2 Å². The standard InChI is InChI=1S/C28H34N2O5/c1-4-28(5-2,26(33)30-14-19(15-30)18(3)25(31)32)17-29-27(34)35-16-24-22-12-8-6-10-20(22)21-11-7-9-13-23(21)24/h6-13,18-19,24H,4-5,14-17H2,1-3H3,(H,29,34)(H,31,32). The van der Waals surface area contributed by atoms with Gasteiger partial charge in [-0.25, -0.2) is 4.79 Å². The first-order chi connectivity index (χ1) is 16.8. The summed E-state index contributed by atoms with van der Waals surface area (Å²) in [5, 5.41) is 12.0. The highest BCUT2D eigenvalue weighted by molar-refractivity contribution is 5.85. The normalized spacial score (nSPS) is 16.1. The first-order valence-electron chi connectivity index (χ1n) is 12.4. The van der Waals surface area contributed by atoms with Gasteiger partial charge in [-0.1, -0.05) is 69.3 Å². The van der Waals surface area contributed by atoms with Gasteiger partial charge in [0.25, 0.3) is 0 Å². The smallest absolute Gasteiger partial charge is 0.407 e. The van der Waals surface area contributed by atoms with E-state index in [1.165, 1.54) is 11.1 Å². The van der Waals surface area contributed by atoms with Crippen LogP contribution in [-0.4, -0.2) is 54.2 Å². The van der Waals surface area contributed by atoms with Crippen LogP contribution in [0.5, 0.6) is 0 Å². The quantitative estimate of drug-likeness (QED) is 0.553. The summed E-state index contributed by atoms with van der Waals surface area (Å²) in [5.74, 6) is -1.40. The van der Waals surface area contributed by atoms with Gasteiger partial charge in [-0.3, -0.25) is 9.59 Å². The Morgan fingerprint density at radius 2 is 1.57 bits per heavy atom. The number of benzene rings is 2. The van der Waals surface area contributed by atoms with E-state index >= 15 is 0 Å². The van der Waals surface area contributed by atoms with Crippen molar-refractivity contribution in [3.63, 3.8) is 0 Å². The van der Waals surface area contributed by atoms with Crippen LogP contribution in [0.3, 0.4) is 0 Å². The van der Waals surface area contributed by atoms with Crippen molar-refractivity contribution in [2.45, 2.75) is 39.5 Å². The molecule has 7 heteroatoms. The molecule has 35 heavy (non-hydrogen) atoms. The molecule has 2 aromatic rings. The Kier molecular flexibility index (Phi) is 7.15. The number of nitrogens with zero attached hydrogens (tertiary/aromatic N) is 1. The molecule has 2 amide bonds. The van der Waals surface area contributed by atoms with E-state index < -0.39 is 23.4 Å². The number of hydrogen-bond donors (Lipinski definition) is 2. The Morgan fingerprint density at radius 1 is 1.03 bits per heavy atom. The van der Waals surface area contributed by atoms with E-state index in [-0.39, 0.29) is 30.9 Å². The molecule has 1 aliphatic carbocycles. The van der Waals surface area contributed by atoms with Crippen molar-refractivity contribution in [2.24, 2.45) is 17.3 Å². The third-order valence-corrected chi connectivity index (χ3v) is 8.02. The number of nitrogens with one attached hydrogen (secondary N) is 1. The third kappa shape index (κ3) is 4.64. The maximum absolute atomic E-state index is 13.3. The van der Waals surface area contributed by atoms with E-state index in [1.807, 2.05) is 38.1 Å². The average Bonchev–Trinajstić information content (AvgIpc) is 3.16. The third-order valence-electron chi connectivity index (χ3n) is 8.02. The van der Waals surface area contributed by atoms with E-state index in [2.05, 4.69) is 29.6 Å². The number of carboxylic acids is 1. The minimum absolute atomic E-state index is 0.0221. The summed E-state index contributed by atoms with van der Waals surface area (Å²) in [7, 11) is 0. The number of carbonyl (C=O) groups is 3. The summed E-state index contributed by atoms with van der Waals surface area (Å²) in [5.41, 5.74) is 3.91. The molecule has 1 fully saturated rings. The van der Waals surface area contributed by atoms with Gasteiger partial charge < -0.3 is 20.1 Å². The number of carboxylic acid groups (broad SMARTS) is 1. The predicted octanol–water partition coefficient (Wildman–Crippen LogP) is 4.51. The number of hydrogen-bond acceptors (Lipinski definition) is 4. The molecule has 0 aromatic heterocycles. The van der Waals surface area contributed by atoms with Crippen LogP contribution in [-0.2, 0) is 14.3 Å². The topological polar surface area (TPSA) is 95.9 Å². The number of likely N-dealkylation sites (tertiary alicyclic amines) is 1. The fourth-order valence-electron chi connectivity index (χ4n) is 5.30. The van der Waals surface area contributed by atoms with Crippen LogP contribution in [0.1, 0.15) is 50.7 Å². The van der Waals surface area contributed by atoms with E-state index in [0.717, 1.165) is 11.1 Å². The second-order valence-corrected chi connectivity index (χ2v) is 9.76. The van der Waals surface area contributed by atoms with Crippen LogP contribution >= 0.6 is 0 Å². The van der Waals surface area contributed by atoms with E-state index in [9.17, 15) is 19.5 Å². The van der Waals surface area contributed by atoms with Gasteiger partial charge in [-0.2, -0.15) is 0 Å². The molecular formula is C28H34N2O5. The molecule has 0 spiro atoms. The van der Waals surface area contributed by atoms with Crippen molar-refractivity contribution in [3.05, 3.63) is 59.7 Å². The van der Waals surface area contributed by atoms with Crippen molar-refractivity contribution >= 4 is 18.0 Å². The van der Waals surface area contributed by atoms with Crippen molar-refractivity contribution in [1.29, 1.82) is 0 Å². The molecule has 1 aliphatic heterocycles. The van der Waals surface area contributed by atoms with Crippen LogP contribution in [0.2, 0.25) is 0 Å². The second kappa shape index (κ2) is 10.1. The molecule has 4 rings (SSSR count). The molecule has 7 nitrogen and oxygen atoms in total. The molecule has 1 unspecified atom stereocenters. The zero-order valence-electron chi connectivity index (χ0n) is 20.6. The SMILES string of the molecule is CCC(CC)(CNC(=O)OCC1c2ccccc2-c2ccccc21)C(=O)N1CC(C(C)C(=O)O)C1. The highest BCUT2D eigenvalue weighted by atomic mass is 16.5. The van der Waals surface area contributed by atoms with Gasteiger partial charge in [0.05, 0.1) is 11.3 Å². The number of rotatable bonds is 9. The average molecular weight is 479 g/mol. The van der Waals surface area contributed by atoms with Crippen LogP contribution in [0.15, 0.2) is 48.5 Å². The highest BCUT2D eigenvalue weighted by Gasteiger charge is 2.45. The largest absolute Gasteiger partial charge is 0.481 e. The number of amides is 2. The Labute approximate surface area is 206 Å². The van der Waals surface area contributed by atoms with Gasteiger partial charge in [0.2, 0.25) is 5.91 Å². The summed E-state index contributed by atoms with van der Waals surface area (Å²) in [6.45, 7) is 6.86. The van der Waals surface area contributed by atoms with Gasteiger partial charge >= 0.3 is 12.1 Å². The van der Waals surface area contributed by atoms with Crippen LogP contribution < -0.4 is 5.32 Å². The van der Waals surface area contributed by atoms with Crippen LogP contribution in [0.4, 0.5) is 4.79 Å². The van der Waals surface area contributed by atoms with Gasteiger partial charge in [-0.15, -0.1) is 0 Å². The molecule has 1 heterocycles. The van der Waals surface area contributed by atoms with Gasteiger partial charge in [0.1, 0.15) is 6.61 Å². The Hall–Kier alpha value is -3.35. The lowest BCUT2D eigenvalue weighted by molar-refractivity contribution is -0.156. The first-order valence-corrected chi connectivity index (χ1v) is 12.4. The predicted molar refractivity (Wildman–Crippen MR) is 133 cm³/mol. The molecule has 2 N–H and O–H groups in total. The van der Waals surface area contributed by atoms with E-state index in [1.54, 1.807) is 11.8 Å². The number of ether oxygens (including phenoxy) is 1. The van der Waals surface area contributed by atoms with E-state index in [0.29, 0.717) is 25.9 Å². The summed E-state index contributed by atoms with van der Waals surface area (Å²) < 4.78 is 5.64. The lowest BCUT2D eigenvalue weighted by Crippen LogP contribution is -2.59. The fourth-order valence-corrected chi connectivity index (χ4v) is 5.30. The number of aliphatic carboxylic acids is 1. The Bertz CT molecular complexity index is 1060. The molecule has 1 saturated heterocycles. The van der Waals surface area contributed by atoms with Crippen LogP contribution in [0, 0.1) is 17.3 Å². The maximum atomic E-state index is 13.3. The van der Waals surface area contributed by atoms with Crippen molar-refractivity contribution < 1.29 is 24.2 Å². The minimum atomic E-state index is -0.837. The highest BCUT2D eigenvalue weighted by Crippen LogP contribution is 2.44. The zero-order chi connectivity index (χ0) is 25.2. The van der Waals surface area contributed by atoms with Gasteiger partial charge in [0.15, 0.2) is 0 Å². The lowest BCUT2D eigenvalue weighted by atomic mass is 9.78. The molecule has 1 atom stereocenters. The first kappa shape index (κ1) is 24.8. The molecule has 0 saturated carbocycles. The van der Waals surface area contributed by atoms with Gasteiger partial charge in [0, 0.05) is 31.5 Å². The summed E-state index contributed by atoms with van der Waals surface area (Å²) >= 11 is 0. The molecule has 186 valence electrons. The Balaban J connectivity index is 1.35. The van der Waals surface area contributed by atoms with E-state index in [4.69, 9.17) is 4.74 Å². The summed E-state index contributed by atoms with van der Waals surface area (Å²) in [4.78, 5) is 38.9. The summed E-state index contributed by atoms with van der Waals surface area (Å²) in [6, 6.07) is 16.4. The monoisotopic (exact) mass is 478 g/mol. The molecule has 2 aliphatic rings. The van der Waals surface area contributed by atoms with Gasteiger partial charge in [-0.05, 0) is 35.1 Å². The minimum Gasteiger partial charge on any atom is -0.481 e. The molecule has 0 radical (unpaired) electrons. The Morgan fingerprint density at radius 3 is 2.09 bits per heavy atom. The maximum Gasteiger partial charge on any atom is 0.407 e. The van der Waals surface area contributed by atoms with Crippen molar-refractivity contribution in [3.8, 4) is 11.1 Å². The number of fused-ring (bicyclic) bond motifs is 3. The second-order valence-electron chi connectivity index (χ2n) is 9.76. The lowest BCUT2D eigenvalue weighted by Gasteiger charge is -2.46. The molecule has 2 aromatic carbocycles. The van der Waals surface area contributed by atoms with Crippen LogP contribution in [0.25, 0.3) is 11.1 Å². The number of alkyl carbamates (subject to hydrolysis) is 1. The summed E-state index contributed by atoms with van der Waals surface area (Å²) in [6.07, 6.45) is 0.607. The number of carbonyl (C=O) groups excluding carboxylic acids is 2. The fraction of sp³-hybridized carbons (Fsp3) is 0.464. The molecule has 0 bridgehead atoms.